The molecule has 1 N–H and O–H groups in total. The van der Waals surface area contributed by atoms with E-state index in [0.29, 0.717) is 6.04 Å². The molecular formula is C13H23N3S. The molecule has 2 atom stereocenters. The van der Waals surface area contributed by atoms with E-state index in [4.69, 9.17) is 0 Å². The summed E-state index contributed by atoms with van der Waals surface area (Å²) in [5.74, 6) is 0. The average Bonchev–Trinajstić information content (AvgIpc) is 2.94. The monoisotopic (exact) mass is 253 g/mol. The third-order valence-electron chi connectivity index (χ3n) is 3.74. The lowest BCUT2D eigenvalue weighted by molar-refractivity contribution is 0.255. The van der Waals surface area contributed by atoms with Gasteiger partial charge in [-0.05, 0) is 39.8 Å². The van der Waals surface area contributed by atoms with Crippen LogP contribution in [-0.4, -0.2) is 35.6 Å². The predicted molar refractivity (Wildman–Crippen MR) is 73.5 cm³/mol. The molecule has 0 radical (unpaired) electrons. The molecule has 4 heteroatoms. The van der Waals surface area contributed by atoms with Gasteiger partial charge in [-0.25, -0.2) is 4.98 Å². The number of nitrogens with zero attached hydrogens (tertiary/aromatic N) is 2. The summed E-state index contributed by atoms with van der Waals surface area (Å²) in [5.41, 5.74) is 3.12. The van der Waals surface area contributed by atoms with Crippen LogP contribution in [0.5, 0.6) is 0 Å². The van der Waals surface area contributed by atoms with Crippen molar-refractivity contribution in [2.24, 2.45) is 0 Å². The molecule has 0 spiro atoms. The van der Waals surface area contributed by atoms with E-state index in [-0.39, 0.29) is 0 Å². The van der Waals surface area contributed by atoms with Gasteiger partial charge in [0.05, 0.1) is 11.2 Å². The Kier molecular flexibility index (Phi) is 4.54. The number of aryl methyl sites for hydroxylation is 1. The van der Waals surface area contributed by atoms with Crippen molar-refractivity contribution < 1.29 is 0 Å². The fourth-order valence-corrected chi connectivity index (χ4v) is 3.51. The molecule has 2 rings (SSSR count). The van der Waals surface area contributed by atoms with Crippen LogP contribution in [0.4, 0.5) is 0 Å². The van der Waals surface area contributed by atoms with Gasteiger partial charge >= 0.3 is 0 Å². The molecule has 2 heterocycles. The molecule has 96 valence electrons. The topological polar surface area (TPSA) is 28.2 Å². The van der Waals surface area contributed by atoms with Crippen molar-refractivity contribution in [3.05, 3.63) is 16.1 Å². The molecule has 0 bridgehead atoms. The van der Waals surface area contributed by atoms with Crippen molar-refractivity contribution in [2.75, 3.05) is 19.6 Å². The zero-order valence-electron chi connectivity index (χ0n) is 11.1. The van der Waals surface area contributed by atoms with Gasteiger partial charge in [0.2, 0.25) is 0 Å². The maximum atomic E-state index is 4.32. The van der Waals surface area contributed by atoms with Crippen LogP contribution in [-0.2, 0) is 0 Å². The van der Waals surface area contributed by atoms with Gasteiger partial charge < -0.3 is 5.32 Å². The second-order valence-electron chi connectivity index (χ2n) is 4.86. The van der Waals surface area contributed by atoms with Gasteiger partial charge in [-0.1, -0.05) is 6.92 Å². The van der Waals surface area contributed by atoms with Gasteiger partial charge in [0.25, 0.3) is 0 Å². The van der Waals surface area contributed by atoms with Crippen molar-refractivity contribution in [1.29, 1.82) is 0 Å². The molecular weight excluding hydrogens is 230 g/mol. The van der Waals surface area contributed by atoms with Gasteiger partial charge in [0.1, 0.15) is 0 Å². The fourth-order valence-electron chi connectivity index (χ4n) is 2.67. The maximum Gasteiger partial charge on any atom is 0.0798 e. The van der Waals surface area contributed by atoms with E-state index in [0.717, 1.165) is 12.6 Å². The number of thiazole rings is 1. The number of likely N-dealkylation sites (N-methyl/N-ethyl adjacent to an activating group) is 1. The Morgan fingerprint density at radius 3 is 3.12 bits per heavy atom. The van der Waals surface area contributed by atoms with Crippen molar-refractivity contribution in [1.82, 2.24) is 15.2 Å². The van der Waals surface area contributed by atoms with Crippen LogP contribution < -0.4 is 5.32 Å². The Bertz CT molecular complexity index is 350. The molecule has 1 aliphatic rings. The predicted octanol–water partition coefficient (Wildman–Crippen LogP) is 2.59. The summed E-state index contributed by atoms with van der Waals surface area (Å²) in [5, 5.41) is 3.66. The van der Waals surface area contributed by atoms with Crippen molar-refractivity contribution in [3.8, 4) is 0 Å². The van der Waals surface area contributed by atoms with E-state index in [1.165, 1.54) is 36.5 Å². The summed E-state index contributed by atoms with van der Waals surface area (Å²) in [6.45, 7) is 10.2. The minimum absolute atomic E-state index is 0.432. The molecule has 1 fully saturated rings. The summed E-state index contributed by atoms with van der Waals surface area (Å²) in [4.78, 5) is 8.28. The molecule has 1 saturated heterocycles. The van der Waals surface area contributed by atoms with E-state index in [2.05, 4.69) is 36.0 Å². The SMILES string of the molecule is CCN1CCCC1CNC(C)c1scnc1C. The quantitative estimate of drug-likeness (QED) is 0.874. The van der Waals surface area contributed by atoms with E-state index >= 15 is 0 Å². The van der Waals surface area contributed by atoms with E-state index in [9.17, 15) is 0 Å². The maximum absolute atomic E-state index is 4.32. The summed E-state index contributed by atoms with van der Waals surface area (Å²) in [6.07, 6.45) is 2.70. The van der Waals surface area contributed by atoms with E-state index in [1.807, 2.05) is 5.51 Å². The number of likely N-dealkylation sites (tertiary alicyclic amines) is 1. The number of rotatable bonds is 5. The molecule has 2 unspecified atom stereocenters. The van der Waals surface area contributed by atoms with Gasteiger partial charge in [0, 0.05) is 23.5 Å². The van der Waals surface area contributed by atoms with Crippen molar-refractivity contribution in [3.63, 3.8) is 0 Å². The van der Waals surface area contributed by atoms with Crippen LogP contribution in [0.25, 0.3) is 0 Å². The molecule has 1 aliphatic heterocycles. The first kappa shape index (κ1) is 13.0. The second-order valence-corrected chi connectivity index (χ2v) is 5.74. The van der Waals surface area contributed by atoms with Crippen LogP contribution in [0.1, 0.15) is 43.3 Å². The molecule has 3 nitrogen and oxygen atoms in total. The van der Waals surface area contributed by atoms with Gasteiger partial charge in [-0.2, -0.15) is 0 Å². The Morgan fingerprint density at radius 2 is 2.47 bits per heavy atom. The molecule has 1 aromatic rings. The molecule has 0 saturated carbocycles. The summed E-state index contributed by atoms with van der Waals surface area (Å²) in [7, 11) is 0. The lowest BCUT2D eigenvalue weighted by atomic mass is 10.2. The number of hydrogen-bond acceptors (Lipinski definition) is 4. The van der Waals surface area contributed by atoms with Crippen LogP contribution in [0, 0.1) is 6.92 Å². The van der Waals surface area contributed by atoms with E-state index in [1.54, 1.807) is 11.3 Å². The van der Waals surface area contributed by atoms with Crippen LogP contribution in [0.15, 0.2) is 5.51 Å². The molecule has 0 aliphatic carbocycles. The normalized spacial score (nSPS) is 23.1. The standard InChI is InChI=1S/C13H23N3S/c1-4-16-7-5-6-12(16)8-14-10(2)13-11(3)15-9-17-13/h9-10,12,14H,4-8H2,1-3H3. The summed E-state index contributed by atoms with van der Waals surface area (Å²) < 4.78 is 0. The number of nitrogens with one attached hydrogen (secondary N) is 1. The van der Waals surface area contributed by atoms with Crippen molar-refractivity contribution >= 4 is 11.3 Å². The third-order valence-corrected chi connectivity index (χ3v) is 4.85. The first-order chi connectivity index (χ1) is 8.22. The Hall–Kier alpha value is -0.450. The smallest absolute Gasteiger partial charge is 0.0798 e. The Morgan fingerprint density at radius 1 is 1.65 bits per heavy atom. The number of aromatic nitrogens is 1. The minimum atomic E-state index is 0.432. The molecule has 0 aromatic carbocycles. The van der Waals surface area contributed by atoms with Crippen LogP contribution in [0.3, 0.4) is 0 Å². The summed E-state index contributed by atoms with van der Waals surface area (Å²) >= 11 is 1.76. The average molecular weight is 253 g/mol. The third kappa shape index (κ3) is 3.06. The molecule has 0 amide bonds. The molecule has 17 heavy (non-hydrogen) atoms. The van der Waals surface area contributed by atoms with Gasteiger partial charge in [-0.3, -0.25) is 4.90 Å². The number of hydrogen-bond donors (Lipinski definition) is 1. The lowest BCUT2D eigenvalue weighted by Crippen LogP contribution is -2.38. The van der Waals surface area contributed by atoms with Gasteiger partial charge in [0.15, 0.2) is 0 Å². The summed E-state index contributed by atoms with van der Waals surface area (Å²) in [6, 6.07) is 1.16. The van der Waals surface area contributed by atoms with E-state index < -0.39 is 0 Å². The van der Waals surface area contributed by atoms with Crippen LogP contribution >= 0.6 is 11.3 Å². The zero-order chi connectivity index (χ0) is 12.3. The first-order valence-electron chi connectivity index (χ1n) is 6.59. The zero-order valence-corrected chi connectivity index (χ0v) is 11.9. The molecule has 1 aromatic heterocycles. The Labute approximate surface area is 108 Å². The van der Waals surface area contributed by atoms with Crippen molar-refractivity contribution in [2.45, 2.75) is 45.7 Å². The Balaban J connectivity index is 1.84. The highest BCUT2D eigenvalue weighted by Gasteiger charge is 2.23. The first-order valence-corrected chi connectivity index (χ1v) is 7.47. The lowest BCUT2D eigenvalue weighted by Gasteiger charge is -2.24. The highest BCUT2D eigenvalue weighted by Crippen LogP contribution is 2.22. The van der Waals surface area contributed by atoms with Crippen LogP contribution in [0.2, 0.25) is 0 Å². The minimum Gasteiger partial charge on any atom is -0.308 e. The van der Waals surface area contributed by atoms with Gasteiger partial charge in [-0.15, -0.1) is 11.3 Å². The fraction of sp³-hybridized carbons (Fsp3) is 0.769. The largest absolute Gasteiger partial charge is 0.308 e. The second kappa shape index (κ2) is 5.94. The highest BCUT2D eigenvalue weighted by atomic mass is 32.1. The highest BCUT2D eigenvalue weighted by molar-refractivity contribution is 7.09.